The summed E-state index contributed by atoms with van der Waals surface area (Å²) in [7, 11) is -9.95. The van der Waals surface area contributed by atoms with Crippen LogP contribution in [0.2, 0.25) is 0 Å². The Morgan fingerprint density at radius 1 is 0.308 bits per heavy atom. The van der Waals surface area contributed by atoms with Gasteiger partial charge in [0.1, 0.15) is 19.3 Å². The minimum absolute atomic E-state index is 0.0847. The first-order valence-electron chi connectivity index (χ1n) is 44.7. The van der Waals surface area contributed by atoms with Crippen LogP contribution in [0.5, 0.6) is 0 Å². The number of aliphatic hydroxyl groups is 1. The first-order chi connectivity index (χ1) is 51.8. The van der Waals surface area contributed by atoms with Gasteiger partial charge in [-0.05, 0) is 69.1 Å². The summed E-state index contributed by atoms with van der Waals surface area (Å²) in [4.78, 5) is 73.3. The molecule has 0 bridgehead atoms. The van der Waals surface area contributed by atoms with Crippen molar-refractivity contribution in [2.45, 2.75) is 458 Å². The molecule has 19 heteroatoms. The van der Waals surface area contributed by atoms with Crippen LogP contribution in [0.1, 0.15) is 440 Å². The van der Waals surface area contributed by atoms with E-state index < -0.39 is 97.5 Å². The van der Waals surface area contributed by atoms with E-state index in [0.29, 0.717) is 25.7 Å². The highest BCUT2D eigenvalue weighted by molar-refractivity contribution is 7.47. The Hall–Kier alpha value is -2.46. The van der Waals surface area contributed by atoms with E-state index in [9.17, 15) is 43.2 Å². The van der Waals surface area contributed by atoms with Gasteiger partial charge in [-0.1, -0.05) is 387 Å². The van der Waals surface area contributed by atoms with Crippen molar-refractivity contribution in [1.82, 2.24) is 0 Å². The number of carbonyl (C=O) groups excluding carboxylic acids is 4. The van der Waals surface area contributed by atoms with E-state index >= 15 is 0 Å². The molecule has 3 unspecified atom stereocenters. The molecule has 17 nitrogen and oxygen atoms in total. The third-order valence-corrected chi connectivity index (χ3v) is 22.3. The maximum atomic E-state index is 13.2. The van der Waals surface area contributed by atoms with Gasteiger partial charge in [-0.15, -0.1) is 0 Å². The first kappa shape index (κ1) is 105. The highest BCUT2D eigenvalue weighted by Gasteiger charge is 2.30. The quantitative estimate of drug-likeness (QED) is 0.0169. The molecule has 0 aliphatic rings. The predicted octanol–water partition coefficient (Wildman–Crippen LogP) is 26.4. The van der Waals surface area contributed by atoms with Gasteiger partial charge in [-0.2, -0.15) is 0 Å². The lowest BCUT2D eigenvalue weighted by molar-refractivity contribution is -0.161. The van der Waals surface area contributed by atoms with Crippen LogP contribution >= 0.6 is 15.6 Å². The van der Waals surface area contributed by atoms with Crippen molar-refractivity contribution >= 4 is 39.5 Å². The maximum absolute atomic E-state index is 13.2. The Morgan fingerprint density at radius 2 is 0.551 bits per heavy atom. The molecule has 0 radical (unpaired) electrons. The average molecular weight is 1560 g/mol. The van der Waals surface area contributed by atoms with E-state index in [-0.39, 0.29) is 25.7 Å². The number of aliphatic hydroxyl groups excluding tert-OH is 1. The fraction of sp³-hybridized carbons (Fsp3) is 0.909. The number of esters is 4. The molecule has 632 valence electrons. The lowest BCUT2D eigenvalue weighted by Crippen LogP contribution is -2.30. The van der Waals surface area contributed by atoms with Crippen LogP contribution < -0.4 is 0 Å². The number of ether oxygens (including phenoxy) is 4. The molecule has 3 N–H and O–H groups in total. The van der Waals surface area contributed by atoms with E-state index in [0.717, 1.165) is 120 Å². The van der Waals surface area contributed by atoms with Crippen molar-refractivity contribution in [2.75, 3.05) is 39.6 Å². The third-order valence-electron chi connectivity index (χ3n) is 20.4. The summed E-state index contributed by atoms with van der Waals surface area (Å²) < 4.78 is 68.9. The van der Waals surface area contributed by atoms with Crippen molar-refractivity contribution < 1.29 is 80.2 Å². The number of phosphoric ester groups is 2. The number of phosphoric acid groups is 2. The SMILES string of the molecule is CCCCCC/C=C\C=C/CCCCCCCC(=O)O[C@H](COC(=O)CCCCCCCCCCC(C)CC)COP(=O)(O)OC[C@H](O)COP(=O)(O)OC[C@@H](COC(=O)CCCCCCCCCCCCCCCCCCC(C)C)OC(=O)CCCCCCCCCCCCCCCCCCCCC(C)C. The van der Waals surface area contributed by atoms with E-state index in [4.69, 9.17) is 37.0 Å². The number of hydrogen-bond donors (Lipinski definition) is 3. The lowest BCUT2D eigenvalue weighted by atomic mass is 9.99. The van der Waals surface area contributed by atoms with Gasteiger partial charge in [0, 0.05) is 25.7 Å². The number of carbonyl (C=O) groups is 4. The maximum Gasteiger partial charge on any atom is 0.472 e. The van der Waals surface area contributed by atoms with Crippen molar-refractivity contribution in [1.29, 1.82) is 0 Å². The molecule has 0 fully saturated rings. The predicted molar refractivity (Wildman–Crippen MR) is 441 cm³/mol. The molecule has 0 aromatic heterocycles. The molecule has 6 atom stereocenters. The zero-order chi connectivity index (χ0) is 78.6. The van der Waals surface area contributed by atoms with Gasteiger partial charge in [0.25, 0.3) is 0 Å². The zero-order valence-electron chi connectivity index (χ0n) is 70.1. The monoisotopic (exact) mass is 1560 g/mol. The number of unbranched alkanes of at least 4 members (excludes halogenated alkanes) is 48. The van der Waals surface area contributed by atoms with Gasteiger partial charge < -0.3 is 33.8 Å². The minimum Gasteiger partial charge on any atom is -0.462 e. The normalized spacial score (nSPS) is 14.2. The number of allylic oxidation sites excluding steroid dienone is 4. The van der Waals surface area contributed by atoms with Gasteiger partial charge in [0.2, 0.25) is 0 Å². The van der Waals surface area contributed by atoms with Gasteiger partial charge in [-0.25, -0.2) is 9.13 Å². The Balaban J connectivity index is 5.28. The third kappa shape index (κ3) is 80.0. The molecule has 0 aromatic carbocycles. The van der Waals surface area contributed by atoms with Gasteiger partial charge in [-0.3, -0.25) is 37.3 Å². The molecule has 0 heterocycles. The van der Waals surface area contributed by atoms with Crippen LogP contribution in [0.15, 0.2) is 24.3 Å². The molecule has 0 saturated carbocycles. The fourth-order valence-electron chi connectivity index (χ4n) is 13.2. The second kappa shape index (κ2) is 77.5. The largest absolute Gasteiger partial charge is 0.472 e. The minimum atomic E-state index is -4.97. The molecular formula is C88H168O17P2. The summed E-state index contributed by atoms with van der Waals surface area (Å²) in [6, 6.07) is 0. The standard InChI is InChI=1S/C88H168O17P2/c1-8-10-11-12-13-14-15-16-23-31-36-41-50-57-64-71-88(93)105-84(76-99-86(91)70-63-56-49-44-43-47-54-61-68-81(7)9-2)78-103-107(96,97)101-74-82(89)73-100-106(94,95)102-77-83(75-98-85(90)69-62-55-48-40-35-30-26-22-21-25-29-34-39-46-53-60-67-80(5)6)104-87(92)72-65-58-51-42-37-32-27-20-18-17-19-24-28-33-38-45-52-59-66-79(3)4/h14-16,23,79-84,89H,8-13,17-22,24-78H2,1-7H3,(H,94,95)(H,96,97)/b15-14-,23-16-/t81?,82-,83-,84-/m1/s1. The summed E-state index contributed by atoms with van der Waals surface area (Å²) in [6.07, 6.45) is 71.6. The molecule has 0 aromatic rings. The Labute approximate surface area is 656 Å². The Bertz CT molecular complexity index is 2160. The molecule has 0 aliphatic heterocycles. The Morgan fingerprint density at radius 3 is 0.832 bits per heavy atom. The molecule has 0 rings (SSSR count). The summed E-state index contributed by atoms with van der Waals surface area (Å²) in [5.74, 6) is 0.272. The fourth-order valence-corrected chi connectivity index (χ4v) is 14.7. The zero-order valence-corrected chi connectivity index (χ0v) is 71.9. The van der Waals surface area contributed by atoms with E-state index in [1.165, 1.54) is 238 Å². The van der Waals surface area contributed by atoms with Crippen LogP contribution in [0.3, 0.4) is 0 Å². The lowest BCUT2D eigenvalue weighted by Gasteiger charge is -2.21. The highest BCUT2D eigenvalue weighted by atomic mass is 31.2. The Kier molecular flexibility index (Phi) is 75.7. The van der Waals surface area contributed by atoms with Gasteiger partial charge in [0.15, 0.2) is 12.2 Å². The molecule has 0 spiro atoms. The van der Waals surface area contributed by atoms with Crippen LogP contribution in [0.4, 0.5) is 0 Å². The molecule has 0 aliphatic carbocycles. The smallest absolute Gasteiger partial charge is 0.462 e. The molecule has 0 amide bonds. The first-order valence-corrected chi connectivity index (χ1v) is 47.7. The van der Waals surface area contributed by atoms with E-state index in [1.807, 2.05) is 0 Å². The van der Waals surface area contributed by atoms with Gasteiger partial charge >= 0.3 is 39.5 Å². The number of rotatable bonds is 84. The molecule has 107 heavy (non-hydrogen) atoms. The number of hydrogen-bond acceptors (Lipinski definition) is 15. The summed E-state index contributed by atoms with van der Waals surface area (Å²) in [5.41, 5.74) is 0. The van der Waals surface area contributed by atoms with Gasteiger partial charge in [0.05, 0.1) is 26.4 Å². The molecule has 0 saturated heterocycles. The summed E-state index contributed by atoms with van der Waals surface area (Å²) >= 11 is 0. The van der Waals surface area contributed by atoms with Crippen LogP contribution in [-0.2, 0) is 65.4 Å². The topological polar surface area (TPSA) is 237 Å². The van der Waals surface area contributed by atoms with E-state index in [2.05, 4.69) is 72.8 Å². The van der Waals surface area contributed by atoms with Crippen LogP contribution in [0, 0.1) is 17.8 Å². The second-order valence-electron chi connectivity index (χ2n) is 32.1. The average Bonchev–Trinajstić information content (AvgIpc) is 0.902. The van der Waals surface area contributed by atoms with Crippen molar-refractivity contribution in [3.8, 4) is 0 Å². The van der Waals surface area contributed by atoms with Crippen molar-refractivity contribution in [2.24, 2.45) is 17.8 Å². The summed E-state index contributed by atoms with van der Waals surface area (Å²) in [6.45, 7) is 12.0. The van der Waals surface area contributed by atoms with Crippen LogP contribution in [-0.4, -0.2) is 96.7 Å². The molecular weight excluding hydrogens is 1390 g/mol. The van der Waals surface area contributed by atoms with Crippen molar-refractivity contribution in [3.63, 3.8) is 0 Å². The van der Waals surface area contributed by atoms with Crippen molar-refractivity contribution in [3.05, 3.63) is 24.3 Å². The highest BCUT2D eigenvalue weighted by Crippen LogP contribution is 2.45. The summed E-state index contributed by atoms with van der Waals surface area (Å²) in [5, 5.41) is 10.7. The van der Waals surface area contributed by atoms with Crippen LogP contribution in [0.25, 0.3) is 0 Å². The van der Waals surface area contributed by atoms with E-state index in [1.54, 1.807) is 0 Å². The second-order valence-corrected chi connectivity index (χ2v) is 35.0.